The van der Waals surface area contributed by atoms with Crippen LogP contribution in [0.4, 0.5) is 43.5 Å². The van der Waals surface area contributed by atoms with Crippen LogP contribution in [0, 0.1) is 0 Å². The summed E-state index contributed by atoms with van der Waals surface area (Å²) >= 11 is 6.14. The summed E-state index contributed by atoms with van der Waals surface area (Å²) in [5.41, 5.74) is 5.58. The van der Waals surface area contributed by atoms with Gasteiger partial charge in [-0.25, -0.2) is 19.9 Å². The summed E-state index contributed by atoms with van der Waals surface area (Å²) in [5, 5.41) is 7.56. The second kappa shape index (κ2) is 20.0. The number of halogens is 7. The number of amides is 1. The molecule has 8 aromatic rings. The summed E-state index contributed by atoms with van der Waals surface area (Å²) in [6.07, 6.45) is -2.38. The Labute approximate surface area is 385 Å². The minimum absolute atomic E-state index is 0.200. The van der Waals surface area contributed by atoms with Crippen LogP contribution in [0.3, 0.4) is 0 Å². The molecule has 9 rings (SSSR count). The van der Waals surface area contributed by atoms with Crippen LogP contribution in [-0.2, 0) is 19.1 Å². The summed E-state index contributed by atoms with van der Waals surface area (Å²) in [6, 6.07) is 34.0. The van der Waals surface area contributed by atoms with Crippen molar-refractivity contribution in [1.82, 2.24) is 29.7 Å². The monoisotopic (exact) mass is 938 g/mol. The van der Waals surface area contributed by atoms with Crippen molar-refractivity contribution in [2.75, 3.05) is 23.3 Å². The molecule has 0 spiro atoms. The molecule has 0 radical (unpaired) electrons. The first-order chi connectivity index (χ1) is 32.2. The Kier molecular flexibility index (Phi) is 13.8. The molecule has 1 amide bonds. The Morgan fingerprint density at radius 1 is 0.806 bits per heavy atom. The fourth-order valence-corrected chi connectivity index (χ4v) is 7.87. The minimum Gasteiger partial charge on any atom is -0.438 e. The molecule has 0 atom stereocenters. The van der Waals surface area contributed by atoms with Crippen LogP contribution in [0.1, 0.15) is 58.6 Å². The number of hydrogen-bond acceptors (Lipinski definition) is 9. The number of imidazole rings is 1. The van der Waals surface area contributed by atoms with E-state index in [-0.39, 0.29) is 23.3 Å². The number of hydrogen-bond donors (Lipinski definition) is 2. The van der Waals surface area contributed by atoms with Crippen molar-refractivity contribution in [3.8, 4) is 17.4 Å². The van der Waals surface area contributed by atoms with Crippen molar-refractivity contribution < 1.29 is 40.6 Å². The van der Waals surface area contributed by atoms with Gasteiger partial charge in [-0.05, 0) is 121 Å². The molecule has 4 aromatic carbocycles. The number of alkyl halides is 6. The zero-order chi connectivity index (χ0) is 47.1. The van der Waals surface area contributed by atoms with Crippen molar-refractivity contribution in [1.29, 1.82) is 0 Å². The highest BCUT2D eigenvalue weighted by Gasteiger charge is 2.35. The average Bonchev–Trinajstić information content (AvgIpc) is 3.69. The van der Waals surface area contributed by atoms with Gasteiger partial charge in [-0.15, -0.1) is 13.2 Å². The number of aryl methyl sites for hydroxylation is 1. The van der Waals surface area contributed by atoms with Gasteiger partial charge in [-0.2, -0.15) is 13.2 Å². The van der Waals surface area contributed by atoms with Gasteiger partial charge in [-0.3, -0.25) is 9.20 Å². The van der Waals surface area contributed by atoms with E-state index in [1.807, 2.05) is 43.3 Å². The molecule has 5 heterocycles. The van der Waals surface area contributed by atoms with Crippen LogP contribution < -0.4 is 25.0 Å². The maximum absolute atomic E-state index is 13.0. The van der Waals surface area contributed by atoms with Gasteiger partial charge in [0.25, 0.3) is 5.91 Å². The average molecular weight is 939 g/mol. The number of piperidine rings is 1. The van der Waals surface area contributed by atoms with Crippen LogP contribution in [-0.4, -0.2) is 49.7 Å². The van der Waals surface area contributed by atoms with Crippen molar-refractivity contribution in [2.45, 2.75) is 51.2 Å². The Hall–Kier alpha value is -7.40. The zero-order valence-corrected chi connectivity index (χ0v) is 36.4. The first-order valence-electron chi connectivity index (χ1n) is 21.1. The summed E-state index contributed by atoms with van der Waals surface area (Å²) in [7, 11) is 0. The summed E-state index contributed by atoms with van der Waals surface area (Å²) < 4.78 is 87.4. The third-order valence-corrected chi connectivity index (χ3v) is 11.2. The van der Waals surface area contributed by atoms with Crippen LogP contribution in [0.5, 0.6) is 17.4 Å². The third-order valence-electron chi connectivity index (χ3n) is 11.0. The number of carbonyl (C=O) groups is 1. The molecule has 1 aliphatic rings. The Balaban J connectivity index is 0.000000192. The van der Waals surface area contributed by atoms with Crippen LogP contribution in [0.2, 0.25) is 5.02 Å². The highest BCUT2D eigenvalue weighted by molar-refractivity contribution is 6.30. The molecule has 18 heteroatoms. The van der Waals surface area contributed by atoms with Crippen LogP contribution in [0.15, 0.2) is 140 Å². The number of anilines is 3. The fourth-order valence-electron chi connectivity index (χ4n) is 7.70. The Morgan fingerprint density at radius 3 is 2.22 bits per heavy atom. The Bertz CT molecular complexity index is 2950. The minimum atomic E-state index is -4.68. The topological polar surface area (TPSA) is 119 Å². The van der Waals surface area contributed by atoms with Gasteiger partial charge >= 0.3 is 12.5 Å². The first-order valence-corrected chi connectivity index (χ1v) is 21.5. The molecule has 1 saturated heterocycles. The molecule has 1 fully saturated rings. The quantitative estimate of drug-likeness (QED) is 0.122. The predicted octanol–water partition coefficient (Wildman–Crippen LogP) is 12.3. The maximum atomic E-state index is 13.0. The maximum Gasteiger partial charge on any atom is 0.573 e. The second-order valence-corrected chi connectivity index (χ2v) is 15.8. The van der Waals surface area contributed by atoms with E-state index in [0.29, 0.717) is 40.8 Å². The first kappa shape index (κ1) is 46.1. The van der Waals surface area contributed by atoms with Crippen molar-refractivity contribution in [3.63, 3.8) is 0 Å². The summed E-state index contributed by atoms with van der Waals surface area (Å²) in [5.74, 6) is 0.265. The van der Waals surface area contributed by atoms with Crippen molar-refractivity contribution >= 4 is 51.3 Å². The number of pyridine rings is 2. The van der Waals surface area contributed by atoms with Crippen LogP contribution >= 0.6 is 11.6 Å². The van der Waals surface area contributed by atoms with E-state index in [2.05, 4.69) is 52.3 Å². The largest absolute Gasteiger partial charge is 0.573 e. The molecule has 0 saturated carbocycles. The van der Waals surface area contributed by atoms with Gasteiger partial charge in [0.05, 0.1) is 16.2 Å². The summed E-state index contributed by atoms with van der Waals surface area (Å²) in [4.78, 5) is 32.0. The molecule has 344 valence electrons. The van der Waals surface area contributed by atoms with E-state index < -0.39 is 24.0 Å². The number of nitrogens with zero attached hydrogens (tertiary/aromatic N) is 6. The SMILES string of the molecule is CCc1nc2ccc(Cl)cn2c1C(=O)NCc1ccc(N2CCC(c3ccc(OC(F)(F)F)cc3)CC2)cc1.FC(F)(F)c1cccnc1Oc1ccc(Nc2ncnc3ccccc23)cc1. The summed E-state index contributed by atoms with van der Waals surface area (Å²) in [6.45, 7) is 4.04. The number of carbonyl (C=O) groups excluding carboxylic acids is 1. The number of aromatic nitrogens is 5. The van der Waals surface area contributed by atoms with Gasteiger partial charge < -0.3 is 25.0 Å². The van der Waals surface area contributed by atoms with Crippen molar-refractivity contribution in [3.05, 3.63) is 173 Å². The molecular formula is C49H41ClF6N8O3. The molecule has 0 aliphatic carbocycles. The van der Waals surface area contributed by atoms with E-state index in [9.17, 15) is 31.1 Å². The number of nitrogens with one attached hydrogen (secondary N) is 2. The molecule has 1 aliphatic heterocycles. The third kappa shape index (κ3) is 11.5. The lowest BCUT2D eigenvalue weighted by Crippen LogP contribution is -2.32. The molecular weight excluding hydrogens is 898 g/mol. The normalized spacial score (nSPS) is 13.2. The van der Waals surface area contributed by atoms with E-state index in [4.69, 9.17) is 16.3 Å². The molecule has 11 nitrogen and oxygen atoms in total. The smallest absolute Gasteiger partial charge is 0.438 e. The van der Waals surface area contributed by atoms with Gasteiger partial charge in [-0.1, -0.05) is 54.9 Å². The number of para-hydroxylation sites is 1. The van der Waals surface area contributed by atoms with Gasteiger partial charge in [0.1, 0.15) is 40.5 Å². The second-order valence-electron chi connectivity index (χ2n) is 15.4. The zero-order valence-electron chi connectivity index (χ0n) is 35.7. The van der Waals surface area contributed by atoms with E-state index >= 15 is 0 Å². The van der Waals surface area contributed by atoms with Gasteiger partial charge in [0, 0.05) is 48.8 Å². The number of ether oxygens (including phenoxy) is 2. The lowest BCUT2D eigenvalue weighted by Gasteiger charge is -2.34. The standard InChI is InChI=1S/C29H28ClF3N4O2.C20H13F3N4O/c1-2-25-27(37-18-22(30)7-12-26(37)35-25)28(38)34-17-19-3-8-23(9-4-19)36-15-13-21(14-16-36)20-5-10-24(11-6-20)39-29(31,32)33;21-20(22,23)16-5-3-11-24-19(16)28-14-9-7-13(8-10-14)27-18-15-4-1-2-6-17(15)25-12-26-18/h3-12,18,21H,2,13-17H2,1H3,(H,34,38);1-12H,(H,25,26,27). The van der Waals surface area contributed by atoms with E-state index in [1.165, 1.54) is 30.7 Å². The molecule has 0 unspecified atom stereocenters. The molecule has 67 heavy (non-hydrogen) atoms. The van der Waals surface area contributed by atoms with Gasteiger partial charge in [0.15, 0.2) is 0 Å². The number of rotatable bonds is 11. The van der Waals surface area contributed by atoms with Crippen LogP contribution in [0.25, 0.3) is 16.6 Å². The number of benzene rings is 4. The van der Waals surface area contributed by atoms with Gasteiger partial charge in [0.2, 0.25) is 5.88 Å². The van der Waals surface area contributed by atoms with E-state index in [1.54, 1.807) is 59.1 Å². The van der Waals surface area contributed by atoms with E-state index in [0.717, 1.165) is 65.4 Å². The number of fused-ring (bicyclic) bond motifs is 2. The fraction of sp³-hybridized carbons (Fsp3) is 0.204. The lowest BCUT2D eigenvalue weighted by atomic mass is 9.89. The lowest BCUT2D eigenvalue weighted by molar-refractivity contribution is -0.274. The molecule has 4 aromatic heterocycles. The predicted molar refractivity (Wildman–Crippen MR) is 243 cm³/mol. The highest BCUT2D eigenvalue weighted by Crippen LogP contribution is 2.37. The highest BCUT2D eigenvalue weighted by atomic mass is 35.5. The molecule has 2 N–H and O–H groups in total. The van der Waals surface area contributed by atoms with Crippen molar-refractivity contribution in [2.24, 2.45) is 0 Å². The Morgan fingerprint density at radius 2 is 1.52 bits per heavy atom. The molecule has 0 bridgehead atoms.